The van der Waals surface area contributed by atoms with Crippen LogP contribution in [0, 0.1) is 5.92 Å². The van der Waals surface area contributed by atoms with Gasteiger partial charge in [-0.05, 0) is 37.8 Å². The van der Waals surface area contributed by atoms with Gasteiger partial charge in [0, 0.05) is 49.7 Å². The minimum Gasteiger partial charge on any atom is -0.367 e. The van der Waals surface area contributed by atoms with Crippen molar-refractivity contribution >= 4 is 28.8 Å². The van der Waals surface area contributed by atoms with Gasteiger partial charge < -0.3 is 15.1 Å². The van der Waals surface area contributed by atoms with Gasteiger partial charge in [-0.1, -0.05) is 0 Å². The van der Waals surface area contributed by atoms with Gasteiger partial charge in [-0.15, -0.1) is 11.3 Å². The quantitative estimate of drug-likeness (QED) is 0.853. The number of pyridine rings is 1. The molecule has 2 aliphatic rings. The molecule has 1 aliphatic carbocycles. The largest absolute Gasteiger partial charge is 0.367 e. The second-order valence-corrected chi connectivity index (χ2v) is 8.14. The highest BCUT2D eigenvalue weighted by atomic mass is 32.1. The van der Waals surface area contributed by atoms with E-state index in [1.165, 1.54) is 11.3 Å². The van der Waals surface area contributed by atoms with Crippen molar-refractivity contribution in [2.45, 2.75) is 31.7 Å². The Balaban J connectivity index is 1.23. The van der Waals surface area contributed by atoms with Gasteiger partial charge in [-0.3, -0.25) is 14.6 Å². The maximum atomic E-state index is 12.9. The topological polar surface area (TPSA) is 78.4 Å². The fraction of sp³-hybridized carbons (Fsp3) is 0.500. The zero-order valence-electron chi connectivity index (χ0n) is 15.8. The van der Waals surface area contributed by atoms with E-state index in [1.54, 1.807) is 17.1 Å². The molecule has 8 heteroatoms. The highest BCUT2D eigenvalue weighted by Crippen LogP contribution is 2.27. The SMILES string of the molecule is O=C(NC1CCC(C(=O)N2CCN(c3cccnc3)CC2)CC1)c1cscn1. The van der Waals surface area contributed by atoms with Crippen molar-refractivity contribution in [1.29, 1.82) is 0 Å². The minimum absolute atomic E-state index is 0.0809. The zero-order chi connectivity index (χ0) is 19.3. The summed E-state index contributed by atoms with van der Waals surface area (Å²) >= 11 is 1.42. The maximum Gasteiger partial charge on any atom is 0.270 e. The molecular formula is C20H25N5O2S. The molecule has 1 N–H and O–H groups in total. The average molecular weight is 400 g/mol. The molecule has 28 heavy (non-hydrogen) atoms. The fourth-order valence-electron chi connectivity index (χ4n) is 4.05. The standard InChI is InChI=1S/C20H25N5O2S/c26-19(18-13-28-14-22-18)23-16-5-3-15(4-6-16)20(27)25-10-8-24(9-11-25)17-2-1-7-21-12-17/h1-2,7,12-16H,3-6,8-11H2,(H,23,26). The average Bonchev–Trinajstić information content (AvgIpc) is 3.30. The first-order valence-electron chi connectivity index (χ1n) is 9.83. The highest BCUT2D eigenvalue weighted by molar-refractivity contribution is 7.07. The van der Waals surface area contributed by atoms with Crippen LogP contribution in [0.2, 0.25) is 0 Å². The Morgan fingerprint density at radius 1 is 1.11 bits per heavy atom. The molecule has 4 rings (SSSR count). The number of thiazole rings is 1. The van der Waals surface area contributed by atoms with E-state index in [9.17, 15) is 9.59 Å². The maximum absolute atomic E-state index is 12.9. The number of amides is 2. The van der Waals surface area contributed by atoms with E-state index in [-0.39, 0.29) is 23.8 Å². The Kier molecular flexibility index (Phi) is 5.85. The molecule has 2 amide bonds. The third-order valence-corrected chi connectivity index (χ3v) is 6.27. The van der Waals surface area contributed by atoms with E-state index in [0.29, 0.717) is 5.69 Å². The van der Waals surface area contributed by atoms with Crippen LogP contribution >= 0.6 is 11.3 Å². The van der Waals surface area contributed by atoms with Crippen LogP contribution in [0.1, 0.15) is 36.2 Å². The number of nitrogens with one attached hydrogen (secondary N) is 1. The predicted molar refractivity (Wildman–Crippen MR) is 108 cm³/mol. The Bertz CT molecular complexity index is 782. The van der Waals surface area contributed by atoms with E-state index in [4.69, 9.17) is 0 Å². The van der Waals surface area contributed by atoms with Crippen LogP contribution in [0.3, 0.4) is 0 Å². The van der Waals surface area contributed by atoms with E-state index >= 15 is 0 Å². The molecule has 0 radical (unpaired) electrons. The summed E-state index contributed by atoms with van der Waals surface area (Å²) in [5.41, 5.74) is 3.26. The first-order valence-corrected chi connectivity index (χ1v) is 10.8. The number of aromatic nitrogens is 2. The van der Waals surface area contributed by atoms with Crippen molar-refractivity contribution < 1.29 is 9.59 Å². The molecule has 3 heterocycles. The zero-order valence-corrected chi connectivity index (χ0v) is 16.6. The lowest BCUT2D eigenvalue weighted by molar-refractivity contribution is -0.137. The normalized spacial score (nSPS) is 22.7. The van der Waals surface area contributed by atoms with Crippen molar-refractivity contribution in [3.8, 4) is 0 Å². The molecule has 148 valence electrons. The number of hydrogen-bond acceptors (Lipinski definition) is 6. The Hall–Kier alpha value is -2.48. The van der Waals surface area contributed by atoms with Crippen molar-refractivity contribution in [3.05, 3.63) is 41.1 Å². The molecule has 0 aromatic carbocycles. The van der Waals surface area contributed by atoms with Gasteiger partial charge in [0.15, 0.2) is 0 Å². The molecule has 1 saturated carbocycles. The molecule has 0 bridgehead atoms. The lowest BCUT2D eigenvalue weighted by atomic mass is 9.85. The van der Waals surface area contributed by atoms with Crippen LogP contribution in [0.25, 0.3) is 0 Å². The van der Waals surface area contributed by atoms with Gasteiger partial charge in [0.25, 0.3) is 5.91 Å². The Morgan fingerprint density at radius 2 is 1.89 bits per heavy atom. The van der Waals surface area contributed by atoms with E-state index < -0.39 is 0 Å². The van der Waals surface area contributed by atoms with Gasteiger partial charge in [0.05, 0.1) is 17.4 Å². The summed E-state index contributed by atoms with van der Waals surface area (Å²) in [5.74, 6) is 0.245. The van der Waals surface area contributed by atoms with E-state index in [1.807, 2.05) is 17.2 Å². The van der Waals surface area contributed by atoms with Crippen LogP contribution in [-0.4, -0.2) is 58.9 Å². The third kappa shape index (κ3) is 4.32. The van der Waals surface area contributed by atoms with Crippen molar-refractivity contribution in [1.82, 2.24) is 20.2 Å². The van der Waals surface area contributed by atoms with Crippen LogP contribution in [0.15, 0.2) is 35.4 Å². The lowest BCUT2D eigenvalue weighted by Crippen LogP contribution is -2.51. The molecule has 1 saturated heterocycles. The van der Waals surface area contributed by atoms with E-state index in [0.717, 1.165) is 57.5 Å². The number of hydrogen-bond donors (Lipinski definition) is 1. The van der Waals surface area contributed by atoms with Crippen molar-refractivity contribution in [2.24, 2.45) is 5.92 Å². The summed E-state index contributed by atoms with van der Waals surface area (Å²) < 4.78 is 0. The molecule has 2 fully saturated rings. The van der Waals surface area contributed by atoms with Gasteiger partial charge in [-0.25, -0.2) is 4.98 Å². The minimum atomic E-state index is -0.109. The summed E-state index contributed by atoms with van der Waals surface area (Å²) in [6.07, 6.45) is 7.02. The number of rotatable bonds is 4. The molecule has 1 aliphatic heterocycles. The smallest absolute Gasteiger partial charge is 0.270 e. The molecule has 7 nitrogen and oxygen atoms in total. The number of anilines is 1. The first-order chi connectivity index (χ1) is 13.7. The van der Waals surface area contributed by atoms with E-state index in [2.05, 4.69) is 26.3 Å². The monoisotopic (exact) mass is 399 g/mol. The molecule has 0 atom stereocenters. The Morgan fingerprint density at radius 3 is 2.54 bits per heavy atom. The van der Waals surface area contributed by atoms with Crippen LogP contribution in [0.4, 0.5) is 5.69 Å². The number of carbonyl (C=O) groups excluding carboxylic acids is 2. The lowest BCUT2D eigenvalue weighted by Gasteiger charge is -2.38. The van der Waals surface area contributed by atoms with Crippen molar-refractivity contribution in [3.63, 3.8) is 0 Å². The summed E-state index contributed by atoms with van der Waals surface area (Å²) in [7, 11) is 0. The number of nitrogens with zero attached hydrogens (tertiary/aromatic N) is 4. The fourth-order valence-corrected chi connectivity index (χ4v) is 4.58. The molecule has 2 aromatic rings. The van der Waals surface area contributed by atoms with Crippen LogP contribution < -0.4 is 10.2 Å². The first kappa shape index (κ1) is 18.9. The second-order valence-electron chi connectivity index (χ2n) is 7.42. The third-order valence-electron chi connectivity index (χ3n) is 5.68. The van der Waals surface area contributed by atoms with Gasteiger partial charge in [-0.2, -0.15) is 0 Å². The molecule has 0 unspecified atom stereocenters. The van der Waals surface area contributed by atoms with Crippen LogP contribution in [0.5, 0.6) is 0 Å². The number of carbonyl (C=O) groups is 2. The predicted octanol–water partition coefficient (Wildman–Crippen LogP) is 2.18. The van der Waals surface area contributed by atoms with Gasteiger partial charge in [0.1, 0.15) is 5.69 Å². The summed E-state index contributed by atoms with van der Waals surface area (Å²) in [5, 5.41) is 4.81. The summed E-state index contributed by atoms with van der Waals surface area (Å²) in [4.78, 5) is 37.6. The molecular weight excluding hydrogens is 374 g/mol. The molecule has 2 aromatic heterocycles. The molecule has 0 spiro atoms. The van der Waals surface area contributed by atoms with Crippen molar-refractivity contribution in [2.75, 3.05) is 31.1 Å². The van der Waals surface area contributed by atoms with Crippen LogP contribution in [-0.2, 0) is 4.79 Å². The second kappa shape index (κ2) is 8.68. The summed E-state index contributed by atoms with van der Waals surface area (Å²) in [6, 6.07) is 4.14. The number of piperazine rings is 1. The Labute approximate surface area is 168 Å². The summed E-state index contributed by atoms with van der Waals surface area (Å²) in [6.45, 7) is 3.20. The van der Waals surface area contributed by atoms with Gasteiger partial charge >= 0.3 is 0 Å². The van der Waals surface area contributed by atoms with Gasteiger partial charge in [0.2, 0.25) is 5.91 Å². The highest BCUT2D eigenvalue weighted by Gasteiger charge is 2.31.